The SMILES string of the molecule is C=CCCC(O)(C(F)(F)F)C(F)(F)C(F)=C(F)F. The molecule has 0 rings (SSSR count). The van der Waals surface area contributed by atoms with Gasteiger partial charge in [0, 0.05) is 0 Å². The fourth-order valence-corrected chi connectivity index (χ4v) is 1.09. The van der Waals surface area contributed by atoms with Crippen LogP contribution in [-0.4, -0.2) is 22.8 Å². The third-order valence-corrected chi connectivity index (χ3v) is 2.14. The molecule has 1 unspecified atom stereocenters. The molecular weight excluding hydrogens is 276 g/mol. The van der Waals surface area contributed by atoms with Gasteiger partial charge in [-0.2, -0.15) is 35.1 Å². The van der Waals surface area contributed by atoms with Crippen LogP contribution in [0.15, 0.2) is 24.6 Å². The molecule has 106 valence electrons. The van der Waals surface area contributed by atoms with Crippen molar-refractivity contribution in [3.8, 4) is 0 Å². The summed E-state index contributed by atoms with van der Waals surface area (Å²) >= 11 is 0. The highest BCUT2D eigenvalue weighted by Crippen LogP contribution is 2.49. The van der Waals surface area contributed by atoms with Gasteiger partial charge in [0.05, 0.1) is 0 Å². The highest BCUT2D eigenvalue weighted by Gasteiger charge is 2.71. The molecule has 0 bridgehead atoms. The number of rotatable bonds is 5. The van der Waals surface area contributed by atoms with Crippen LogP contribution in [0.3, 0.4) is 0 Å². The van der Waals surface area contributed by atoms with Gasteiger partial charge in [-0.1, -0.05) is 6.08 Å². The molecule has 0 aliphatic carbocycles. The van der Waals surface area contributed by atoms with Crippen LogP contribution in [0.5, 0.6) is 0 Å². The number of hydrogen-bond acceptors (Lipinski definition) is 1. The number of aliphatic hydroxyl groups is 1. The Morgan fingerprint density at radius 1 is 1.06 bits per heavy atom. The van der Waals surface area contributed by atoms with E-state index in [1.54, 1.807) is 0 Å². The van der Waals surface area contributed by atoms with Crippen LogP contribution < -0.4 is 0 Å². The van der Waals surface area contributed by atoms with Crippen molar-refractivity contribution < 1.29 is 40.2 Å². The predicted octanol–water partition coefficient (Wildman–Crippen LogP) is 3.96. The van der Waals surface area contributed by atoms with Crippen molar-refractivity contribution in [1.29, 1.82) is 0 Å². The summed E-state index contributed by atoms with van der Waals surface area (Å²) < 4.78 is 98.9. The van der Waals surface area contributed by atoms with Gasteiger partial charge in [0.1, 0.15) is 0 Å². The number of halogens is 8. The molecule has 0 amide bonds. The van der Waals surface area contributed by atoms with Gasteiger partial charge in [-0.3, -0.25) is 0 Å². The smallest absolute Gasteiger partial charge is 0.375 e. The Balaban J connectivity index is 5.73. The monoisotopic (exact) mass is 284 g/mol. The first-order chi connectivity index (χ1) is 7.91. The molecule has 1 N–H and O–H groups in total. The van der Waals surface area contributed by atoms with Crippen molar-refractivity contribution in [3.05, 3.63) is 24.6 Å². The van der Waals surface area contributed by atoms with E-state index in [1.165, 1.54) is 0 Å². The van der Waals surface area contributed by atoms with Crippen LogP contribution in [0, 0.1) is 0 Å². The second-order valence-electron chi connectivity index (χ2n) is 3.33. The van der Waals surface area contributed by atoms with E-state index in [0.717, 1.165) is 6.08 Å². The largest absolute Gasteiger partial charge is 0.423 e. The van der Waals surface area contributed by atoms with Crippen LogP contribution in [0.25, 0.3) is 0 Å². The maximum atomic E-state index is 13.0. The van der Waals surface area contributed by atoms with Crippen molar-refractivity contribution >= 4 is 0 Å². The van der Waals surface area contributed by atoms with Gasteiger partial charge in [-0.25, -0.2) is 0 Å². The molecule has 0 aromatic carbocycles. The molecule has 0 aliphatic heterocycles. The summed E-state index contributed by atoms with van der Waals surface area (Å²) in [5.41, 5.74) is -4.93. The van der Waals surface area contributed by atoms with E-state index in [-0.39, 0.29) is 0 Å². The van der Waals surface area contributed by atoms with Crippen LogP contribution in [-0.2, 0) is 0 Å². The fourth-order valence-electron chi connectivity index (χ4n) is 1.09. The van der Waals surface area contributed by atoms with Crippen molar-refractivity contribution in [2.45, 2.75) is 30.5 Å². The van der Waals surface area contributed by atoms with E-state index in [1.807, 2.05) is 0 Å². The molecule has 0 heterocycles. The molecular formula is C9H8F8O. The van der Waals surface area contributed by atoms with Crippen LogP contribution in [0.1, 0.15) is 12.8 Å². The third kappa shape index (κ3) is 2.82. The van der Waals surface area contributed by atoms with Gasteiger partial charge < -0.3 is 5.11 Å². The Labute approximate surface area is 96.4 Å². The first kappa shape index (κ1) is 16.9. The van der Waals surface area contributed by atoms with Crippen LogP contribution in [0.4, 0.5) is 35.1 Å². The number of hydrogen-bond donors (Lipinski definition) is 1. The summed E-state index contributed by atoms with van der Waals surface area (Å²) in [5.74, 6) is -9.39. The number of allylic oxidation sites excluding steroid dienone is 1. The van der Waals surface area contributed by atoms with Crippen molar-refractivity contribution in [3.63, 3.8) is 0 Å². The molecule has 0 saturated carbocycles. The zero-order valence-electron chi connectivity index (χ0n) is 8.67. The summed E-state index contributed by atoms with van der Waals surface area (Å²) in [6.45, 7) is 2.93. The maximum absolute atomic E-state index is 13.0. The topological polar surface area (TPSA) is 20.2 Å². The summed E-state index contributed by atoms with van der Waals surface area (Å²) in [7, 11) is 0. The van der Waals surface area contributed by atoms with Crippen molar-refractivity contribution in [2.75, 3.05) is 0 Å². The lowest BCUT2D eigenvalue weighted by Gasteiger charge is -2.35. The zero-order chi connectivity index (χ0) is 14.8. The summed E-state index contributed by atoms with van der Waals surface area (Å²) in [5, 5.41) is 8.90. The van der Waals surface area contributed by atoms with Crippen molar-refractivity contribution in [2.24, 2.45) is 0 Å². The lowest BCUT2D eigenvalue weighted by Crippen LogP contribution is -2.59. The van der Waals surface area contributed by atoms with Gasteiger partial charge in [-0.15, -0.1) is 6.58 Å². The van der Waals surface area contributed by atoms with E-state index in [2.05, 4.69) is 6.58 Å². The third-order valence-electron chi connectivity index (χ3n) is 2.14. The summed E-state index contributed by atoms with van der Waals surface area (Å²) in [4.78, 5) is 0. The Morgan fingerprint density at radius 2 is 1.50 bits per heavy atom. The van der Waals surface area contributed by atoms with Gasteiger partial charge in [-0.05, 0) is 12.8 Å². The van der Waals surface area contributed by atoms with E-state index in [4.69, 9.17) is 5.11 Å². The quantitative estimate of drug-likeness (QED) is 0.598. The minimum Gasteiger partial charge on any atom is -0.375 e. The Hall–Kier alpha value is -1.12. The average molecular weight is 284 g/mol. The summed E-state index contributed by atoms with van der Waals surface area (Å²) in [6, 6.07) is 0. The lowest BCUT2D eigenvalue weighted by molar-refractivity contribution is -0.327. The van der Waals surface area contributed by atoms with Gasteiger partial charge in [0.2, 0.25) is 11.4 Å². The molecule has 0 fully saturated rings. The molecule has 0 aliphatic rings. The van der Waals surface area contributed by atoms with Gasteiger partial charge in [0.15, 0.2) is 0 Å². The minimum atomic E-state index is -5.99. The van der Waals surface area contributed by atoms with E-state index in [9.17, 15) is 35.1 Å². The van der Waals surface area contributed by atoms with E-state index in [0.29, 0.717) is 0 Å². The Morgan fingerprint density at radius 3 is 1.78 bits per heavy atom. The molecule has 1 atom stereocenters. The molecule has 1 nitrogen and oxygen atoms in total. The maximum Gasteiger partial charge on any atom is 0.423 e. The zero-order valence-corrected chi connectivity index (χ0v) is 8.67. The normalized spacial score (nSPS) is 16.1. The van der Waals surface area contributed by atoms with Gasteiger partial charge in [0.25, 0.3) is 0 Å². The van der Waals surface area contributed by atoms with Crippen LogP contribution in [0.2, 0.25) is 0 Å². The molecule has 0 saturated heterocycles. The highest BCUT2D eigenvalue weighted by atomic mass is 19.4. The van der Waals surface area contributed by atoms with Gasteiger partial charge >= 0.3 is 18.2 Å². The molecule has 0 spiro atoms. The average Bonchev–Trinajstić information content (AvgIpc) is 2.22. The minimum absolute atomic E-state index is 0.750. The van der Waals surface area contributed by atoms with Crippen LogP contribution >= 0.6 is 0 Å². The molecule has 0 radical (unpaired) electrons. The first-order valence-corrected chi connectivity index (χ1v) is 4.41. The Kier molecular flexibility index (Phi) is 4.92. The molecule has 0 aromatic heterocycles. The predicted molar refractivity (Wildman–Crippen MR) is 45.7 cm³/mol. The lowest BCUT2D eigenvalue weighted by atomic mass is 9.88. The van der Waals surface area contributed by atoms with E-state index >= 15 is 0 Å². The molecule has 9 heteroatoms. The Bertz CT molecular complexity index is 341. The fraction of sp³-hybridized carbons (Fsp3) is 0.556. The second kappa shape index (κ2) is 5.25. The molecule has 0 aromatic rings. The first-order valence-electron chi connectivity index (χ1n) is 4.41. The highest BCUT2D eigenvalue weighted by molar-refractivity contribution is 5.16. The number of alkyl halides is 5. The van der Waals surface area contributed by atoms with Crippen molar-refractivity contribution in [1.82, 2.24) is 0 Å². The molecule has 18 heavy (non-hydrogen) atoms. The summed E-state index contributed by atoms with van der Waals surface area (Å²) in [6.07, 6.45) is -11.3. The standard InChI is InChI=1S/C9H8F8O/c1-2-3-4-7(18,9(15,16)17)8(13,14)5(10)6(11)12/h2,18H,1,3-4H2. The van der Waals surface area contributed by atoms with E-state index < -0.39 is 42.4 Å². The second-order valence-corrected chi connectivity index (χ2v) is 3.33.